The summed E-state index contributed by atoms with van der Waals surface area (Å²) < 4.78 is 2.33. The van der Waals surface area contributed by atoms with Crippen LogP contribution in [0.4, 0.5) is 0 Å². The Balaban J connectivity index is 2.07. The molecule has 20 heavy (non-hydrogen) atoms. The molecule has 1 aromatic carbocycles. The number of benzene rings is 1. The lowest BCUT2D eigenvalue weighted by molar-refractivity contribution is 0.139. The predicted molar refractivity (Wildman–Crippen MR) is 84.2 cm³/mol. The second-order valence-corrected chi connectivity index (χ2v) is 6.80. The molecule has 4 heteroatoms. The molecule has 3 nitrogen and oxygen atoms in total. The van der Waals surface area contributed by atoms with E-state index in [1.165, 1.54) is 24.8 Å². The van der Waals surface area contributed by atoms with Gasteiger partial charge in [0.15, 0.2) is 0 Å². The minimum absolute atomic E-state index is 0.276. The highest BCUT2D eigenvalue weighted by Crippen LogP contribution is 2.43. The first-order valence-corrected chi connectivity index (χ1v) is 7.79. The molecule has 0 saturated heterocycles. The minimum Gasteiger partial charge on any atom is -0.330 e. The first-order chi connectivity index (χ1) is 9.54. The lowest BCUT2D eigenvalue weighted by Gasteiger charge is -2.41. The molecule has 3 rings (SSSR count). The maximum absolute atomic E-state index is 6.09. The first kappa shape index (κ1) is 13.9. The maximum Gasteiger partial charge on any atom is 0.110 e. The van der Waals surface area contributed by atoms with Crippen molar-refractivity contribution in [3.05, 3.63) is 29.0 Å². The summed E-state index contributed by atoms with van der Waals surface area (Å²) in [5.74, 6) is 1.16. The van der Waals surface area contributed by atoms with Crippen molar-refractivity contribution in [2.75, 3.05) is 6.54 Å². The van der Waals surface area contributed by atoms with Crippen molar-refractivity contribution in [1.29, 1.82) is 0 Å². The summed E-state index contributed by atoms with van der Waals surface area (Å²) in [5, 5.41) is 0.745. The van der Waals surface area contributed by atoms with Gasteiger partial charge in [0, 0.05) is 17.5 Å². The van der Waals surface area contributed by atoms with Gasteiger partial charge >= 0.3 is 0 Å². The first-order valence-electron chi connectivity index (χ1n) is 7.41. The van der Waals surface area contributed by atoms with Gasteiger partial charge in [0.2, 0.25) is 0 Å². The van der Waals surface area contributed by atoms with E-state index in [0.717, 1.165) is 29.3 Å². The Bertz CT molecular complexity index is 620. The lowest BCUT2D eigenvalue weighted by atomic mass is 9.66. The van der Waals surface area contributed by atoms with E-state index in [2.05, 4.69) is 24.5 Å². The van der Waals surface area contributed by atoms with Crippen LogP contribution in [0, 0.1) is 5.41 Å². The molecule has 0 atom stereocenters. The second-order valence-electron chi connectivity index (χ2n) is 6.36. The number of rotatable bonds is 4. The van der Waals surface area contributed by atoms with Crippen LogP contribution < -0.4 is 5.73 Å². The van der Waals surface area contributed by atoms with Crippen LogP contribution in [0.2, 0.25) is 5.02 Å². The summed E-state index contributed by atoms with van der Waals surface area (Å²) in [4.78, 5) is 4.83. The van der Waals surface area contributed by atoms with Crippen LogP contribution in [0.5, 0.6) is 0 Å². The molecule has 0 aliphatic heterocycles. The fourth-order valence-corrected chi connectivity index (χ4v) is 3.45. The number of hydrogen-bond acceptors (Lipinski definition) is 2. The zero-order chi connectivity index (χ0) is 14.3. The molecule has 2 N–H and O–H groups in total. The molecule has 0 spiro atoms. The molecule has 1 heterocycles. The lowest BCUT2D eigenvalue weighted by Crippen LogP contribution is -2.40. The van der Waals surface area contributed by atoms with Crippen LogP contribution in [0.1, 0.15) is 45.0 Å². The van der Waals surface area contributed by atoms with Crippen LogP contribution >= 0.6 is 11.6 Å². The van der Waals surface area contributed by atoms with Gasteiger partial charge in [0.1, 0.15) is 5.82 Å². The zero-order valence-electron chi connectivity index (χ0n) is 12.2. The van der Waals surface area contributed by atoms with Crippen LogP contribution in [0.15, 0.2) is 18.2 Å². The SMILES string of the molecule is CC(C)n1c(CC2(CN)CCC2)nc2cc(Cl)ccc21. The average Bonchev–Trinajstić information content (AvgIpc) is 2.70. The molecule has 0 amide bonds. The summed E-state index contributed by atoms with van der Waals surface area (Å²) >= 11 is 6.09. The monoisotopic (exact) mass is 291 g/mol. The van der Waals surface area contributed by atoms with Gasteiger partial charge in [-0.15, -0.1) is 0 Å². The highest BCUT2D eigenvalue weighted by atomic mass is 35.5. The molecule has 0 bridgehead atoms. The Labute approximate surface area is 125 Å². The highest BCUT2D eigenvalue weighted by molar-refractivity contribution is 6.31. The van der Waals surface area contributed by atoms with E-state index in [0.29, 0.717) is 6.04 Å². The van der Waals surface area contributed by atoms with Crippen LogP contribution in [-0.4, -0.2) is 16.1 Å². The molecule has 108 valence electrons. The number of imidazole rings is 1. The van der Waals surface area contributed by atoms with Crippen molar-refractivity contribution in [2.24, 2.45) is 11.1 Å². The van der Waals surface area contributed by atoms with Crippen molar-refractivity contribution in [1.82, 2.24) is 9.55 Å². The molecule has 0 radical (unpaired) electrons. The van der Waals surface area contributed by atoms with Crippen molar-refractivity contribution in [3.63, 3.8) is 0 Å². The van der Waals surface area contributed by atoms with E-state index in [4.69, 9.17) is 22.3 Å². The molecular weight excluding hydrogens is 270 g/mol. The molecular formula is C16H22ClN3. The fraction of sp³-hybridized carbons (Fsp3) is 0.562. The largest absolute Gasteiger partial charge is 0.330 e. The van der Waals surface area contributed by atoms with Crippen molar-refractivity contribution in [2.45, 2.75) is 45.6 Å². The summed E-state index contributed by atoms with van der Waals surface area (Å²) in [6.07, 6.45) is 4.73. The molecule has 1 aromatic heterocycles. The van der Waals surface area contributed by atoms with Crippen molar-refractivity contribution < 1.29 is 0 Å². The van der Waals surface area contributed by atoms with Gasteiger partial charge in [0.05, 0.1) is 11.0 Å². The molecule has 0 unspecified atom stereocenters. The van der Waals surface area contributed by atoms with Gasteiger partial charge in [0.25, 0.3) is 0 Å². The third-order valence-corrected chi connectivity index (χ3v) is 4.86. The van der Waals surface area contributed by atoms with Gasteiger partial charge < -0.3 is 10.3 Å². The number of nitrogens with two attached hydrogens (primary N) is 1. The van der Waals surface area contributed by atoms with Crippen LogP contribution in [0.25, 0.3) is 11.0 Å². The van der Waals surface area contributed by atoms with Gasteiger partial charge in [-0.3, -0.25) is 0 Å². The fourth-order valence-electron chi connectivity index (χ4n) is 3.29. The number of hydrogen-bond donors (Lipinski definition) is 1. The molecule has 1 saturated carbocycles. The Morgan fingerprint density at radius 2 is 2.15 bits per heavy atom. The van der Waals surface area contributed by atoms with E-state index in [1.54, 1.807) is 0 Å². The second kappa shape index (κ2) is 5.05. The van der Waals surface area contributed by atoms with Gasteiger partial charge in [-0.2, -0.15) is 0 Å². The zero-order valence-corrected chi connectivity index (χ0v) is 13.0. The smallest absolute Gasteiger partial charge is 0.110 e. The van der Waals surface area contributed by atoms with Crippen molar-refractivity contribution in [3.8, 4) is 0 Å². The minimum atomic E-state index is 0.276. The van der Waals surface area contributed by atoms with Crippen LogP contribution in [-0.2, 0) is 6.42 Å². The molecule has 1 fully saturated rings. The van der Waals surface area contributed by atoms with E-state index >= 15 is 0 Å². The summed E-state index contributed by atoms with van der Waals surface area (Å²) in [6, 6.07) is 6.36. The number of nitrogens with zero attached hydrogens (tertiary/aromatic N) is 2. The summed E-state index contributed by atoms with van der Waals surface area (Å²) in [7, 11) is 0. The van der Waals surface area contributed by atoms with E-state index in [-0.39, 0.29) is 5.41 Å². The third-order valence-electron chi connectivity index (χ3n) is 4.62. The Morgan fingerprint density at radius 3 is 2.70 bits per heavy atom. The van der Waals surface area contributed by atoms with Gasteiger partial charge in [-0.25, -0.2) is 4.98 Å². The standard InChI is InChI=1S/C16H22ClN3/c1-11(2)20-14-5-4-12(17)8-13(14)19-15(20)9-16(10-18)6-3-7-16/h4-5,8,11H,3,6-7,9-10,18H2,1-2H3. The topological polar surface area (TPSA) is 43.8 Å². The van der Waals surface area contributed by atoms with Gasteiger partial charge in [-0.05, 0) is 56.8 Å². The molecule has 1 aliphatic carbocycles. The number of fused-ring (bicyclic) bond motifs is 1. The van der Waals surface area contributed by atoms with E-state index in [9.17, 15) is 0 Å². The van der Waals surface area contributed by atoms with Gasteiger partial charge in [-0.1, -0.05) is 18.0 Å². The third kappa shape index (κ3) is 2.23. The van der Waals surface area contributed by atoms with Crippen LogP contribution in [0.3, 0.4) is 0 Å². The maximum atomic E-state index is 6.09. The van der Waals surface area contributed by atoms with Crippen molar-refractivity contribution >= 4 is 22.6 Å². The quantitative estimate of drug-likeness (QED) is 0.927. The average molecular weight is 292 g/mol. The Morgan fingerprint density at radius 1 is 1.40 bits per heavy atom. The summed E-state index contributed by atoms with van der Waals surface area (Å²) in [6.45, 7) is 5.17. The number of halogens is 1. The Hall–Kier alpha value is -1.06. The highest BCUT2D eigenvalue weighted by Gasteiger charge is 2.37. The number of aromatic nitrogens is 2. The normalized spacial score (nSPS) is 17.6. The van der Waals surface area contributed by atoms with E-state index < -0.39 is 0 Å². The summed E-state index contributed by atoms with van der Waals surface area (Å²) in [5.41, 5.74) is 8.44. The Kier molecular flexibility index (Phi) is 3.51. The molecule has 1 aliphatic rings. The predicted octanol–water partition coefficient (Wildman–Crippen LogP) is 3.94. The molecule has 2 aromatic rings. The van der Waals surface area contributed by atoms with E-state index in [1.807, 2.05) is 12.1 Å².